The molecule has 1 fully saturated rings. The third kappa shape index (κ3) is 3.94. The molecular weight excluding hydrogens is 242 g/mol. The molecule has 0 bridgehead atoms. The van der Waals surface area contributed by atoms with Gasteiger partial charge in [0, 0.05) is 38.4 Å². The van der Waals surface area contributed by atoms with E-state index in [1.54, 1.807) is 4.90 Å². The Morgan fingerprint density at radius 3 is 2.68 bits per heavy atom. The second kappa shape index (κ2) is 6.54. The van der Waals surface area contributed by atoms with Gasteiger partial charge in [-0.05, 0) is 24.1 Å². The molecule has 1 aliphatic rings. The van der Waals surface area contributed by atoms with E-state index in [4.69, 9.17) is 5.73 Å². The molecule has 1 aromatic carbocycles. The normalized spacial score (nSPS) is 18.3. The van der Waals surface area contributed by atoms with Gasteiger partial charge in [0.1, 0.15) is 0 Å². The van der Waals surface area contributed by atoms with Gasteiger partial charge in [0.25, 0.3) is 0 Å². The minimum absolute atomic E-state index is 0.479. The van der Waals surface area contributed by atoms with Gasteiger partial charge in [-0.2, -0.15) is 0 Å². The van der Waals surface area contributed by atoms with Gasteiger partial charge in [0.05, 0.1) is 6.10 Å². The van der Waals surface area contributed by atoms with Crippen LogP contribution in [0, 0.1) is 0 Å². The first-order valence-corrected chi connectivity index (χ1v) is 6.64. The van der Waals surface area contributed by atoms with Crippen LogP contribution in [0.15, 0.2) is 24.3 Å². The number of aliphatic hydroxyl groups excluding tert-OH is 1. The number of amides is 1. The van der Waals surface area contributed by atoms with Crippen LogP contribution in [0.2, 0.25) is 0 Å². The summed E-state index contributed by atoms with van der Waals surface area (Å²) in [5, 5.41) is 10.1. The minimum Gasteiger partial charge on any atom is -0.399 e. The molecule has 1 atom stereocenters. The van der Waals surface area contributed by atoms with Gasteiger partial charge in [-0.15, -0.1) is 0 Å². The van der Waals surface area contributed by atoms with Gasteiger partial charge in [-0.25, -0.2) is 0 Å². The van der Waals surface area contributed by atoms with Crippen molar-refractivity contribution in [2.24, 2.45) is 0 Å². The number of piperazine rings is 1. The van der Waals surface area contributed by atoms with E-state index in [1.807, 2.05) is 24.3 Å². The summed E-state index contributed by atoms with van der Waals surface area (Å²) in [5.74, 6) is 0. The number of aliphatic hydroxyl groups is 1. The molecule has 1 aliphatic heterocycles. The van der Waals surface area contributed by atoms with Crippen molar-refractivity contribution in [3.8, 4) is 0 Å². The van der Waals surface area contributed by atoms with Gasteiger partial charge >= 0.3 is 0 Å². The van der Waals surface area contributed by atoms with Crippen molar-refractivity contribution in [1.29, 1.82) is 0 Å². The fourth-order valence-corrected chi connectivity index (χ4v) is 2.33. The van der Waals surface area contributed by atoms with Crippen LogP contribution in [0.4, 0.5) is 5.69 Å². The molecule has 19 heavy (non-hydrogen) atoms. The van der Waals surface area contributed by atoms with Crippen molar-refractivity contribution in [1.82, 2.24) is 9.80 Å². The first kappa shape index (κ1) is 13.8. The number of carbonyl (C=O) groups excluding carboxylic acids is 1. The van der Waals surface area contributed by atoms with Gasteiger partial charge in [0.2, 0.25) is 6.41 Å². The largest absolute Gasteiger partial charge is 0.399 e. The number of hydrogen-bond acceptors (Lipinski definition) is 4. The number of hydrogen-bond donors (Lipinski definition) is 2. The van der Waals surface area contributed by atoms with Crippen molar-refractivity contribution >= 4 is 12.1 Å². The second-order valence-corrected chi connectivity index (χ2v) is 4.96. The van der Waals surface area contributed by atoms with Crippen molar-refractivity contribution in [3.05, 3.63) is 29.8 Å². The zero-order chi connectivity index (χ0) is 13.7. The number of anilines is 1. The summed E-state index contributed by atoms with van der Waals surface area (Å²) in [7, 11) is 0. The summed E-state index contributed by atoms with van der Waals surface area (Å²) >= 11 is 0. The second-order valence-electron chi connectivity index (χ2n) is 4.96. The smallest absolute Gasteiger partial charge is 0.209 e. The maximum absolute atomic E-state index is 10.6. The molecule has 1 amide bonds. The molecule has 1 aromatic rings. The lowest BCUT2D eigenvalue weighted by atomic mass is 10.1. The predicted molar refractivity (Wildman–Crippen MR) is 74.5 cm³/mol. The van der Waals surface area contributed by atoms with E-state index in [9.17, 15) is 9.90 Å². The Hall–Kier alpha value is -1.59. The number of nitrogens with zero attached hydrogens (tertiary/aromatic N) is 2. The van der Waals surface area contributed by atoms with Gasteiger partial charge < -0.3 is 15.7 Å². The van der Waals surface area contributed by atoms with E-state index < -0.39 is 6.10 Å². The molecule has 0 aliphatic carbocycles. The number of rotatable bonds is 5. The van der Waals surface area contributed by atoms with Gasteiger partial charge in [-0.1, -0.05) is 12.1 Å². The molecule has 2 rings (SSSR count). The van der Waals surface area contributed by atoms with E-state index in [2.05, 4.69) is 4.90 Å². The fraction of sp³-hybridized carbons (Fsp3) is 0.500. The molecule has 5 nitrogen and oxygen atoms in total. The third-order valence-electron chi connectivity index (χ3n) is 3.57. The van der Waals surface area contributed by atoms with Gasteiger partial charge in [-0.3, -0.25) is 9.69 Å². The van der Waals surface area contributed by atoms with Crippen LogP contribution in [0.25, 0.3) is 0 Å². The molecule has 0 radical (unpaired) electrons. The molecule has 1 heterocycles. The maximum Gasteiger partial charge on any atom is 0.209 e. The third-order valence-corrected chi connectivity index (χ3v) is 3.57. The summed E-state index contributed by atoms with van der Waals surface area (Å²) in [6.07, 6.45) is 1.11. The summed E-state index contributed by atoms with van der Waals surface area (Å²) in [5.41, 5.74) is 7.25. The Labute approximate surface area is 113 Å². The number of benzene rings is 1. The Morgan fingerprint density at radius 2 is 2.05 bits per heavy atom. The first-order chi connectivity index (χ1) is 9.19. The molecule has 1 saturated heterocycles. The van der Waals surface area contributed by atoms with Crippen molar-refractivity contribution in [2.45, 2.75) is 12.5 Å². The Bertz CT molecular complexity index is 417. The van der Waals surface area contributed by atoms with E-state index in [0.29, 0.717) is 12.1 Å². The fourth-order valence-electron chi connectivity index (χ4n) is 2.33. The molecule has 104 valence electrons. The van der Waals surface area contributed by atoms with Crippen LogP contribution < -0.4 is 5.73 Å². The Kier molecular flexibility index (Phi) is 4.76. The van der Waals surface area contributed by atoms with E-state index >= 15 is 0 Å². The van der Waals surface area contributed by atoms with Crippen LogP contribution >= 0.6 is 0 Å². The van der Waals surface area contributed by atoms with E-state index in [1.165, 1.54) is 0 Å². The SMILES string of the molecule is Nc1cccc(C(O)CCN2CCN(C=O)CC2)c1. The summed E-state index contributed by atoms with van der Waals surface area (Å²) in [6, 6.07) is 7.38. The molecule has 0 spiro atoms. The topological polar surface area (TPSA) is 69.8 Å². The molecule has 0 saturated carbocycles. The lowest BCUT2D eigenvalue weighted by Gasteiger charge is -2.32. The van der Waals surface area contributed by atoms with Crippen LogP contribution in [-0.4, -0.2) is 54.0 Å². The van der Waals surface area contributed by atoms with Crippen molar-refractivity contribution in [2.75, 3.05) is 38.5 Å². The standard InChI is InChI=1S/C14H21N3O2/c15-13-3-1-2-12(10-13)14(19)4-5-16-6-8-17(11-18)9-7-16/h1-3,10-11,14,19H,4-9,15H2. The van der Waals surface area contributed by atoms with Crippen LogP contribution in [0.3, 0.4) is 0 Å². The number of nitrogen functional groups attached to an aromatic ring is 1. The molecule has 1 unspecified atom stereocenters. The van der Waals surface area contributed by atoms with Crippen molar-refractivity contribution in [3.63, 3.8) is 0 Å². The number of nitrogens with two attached hydrogens (primary N) is 1. The lowest BCUT2D eigenvalue weighted by molar-refractivity contribution is -0.119. The highest BCUT2D eigenvalue weighted by Gasteiger charge is 2.16. The zero-order valence-electron chi connectivity index (χ0n) is 11.0. The van der Waals surface area contributed by atoms with Gasteiger partial charge in [0.15, 0.2) is 0 Å². The Morgan fingerprint density at radius 1 is 1.32 bits per heavy atom. The average molecular weight is 263 g/mol. The monoisotopic (exact) mass is 263 g/mol. The zero-order valence-corrected chi connectivity index (χ0v) is 11.0. The minimum atomic E-state index is -0.479. The first-order valence-electron chi connectivity index (χ1n) is 6.64. The van der Waals surface area contributed by atoms with E-state index in [0.717, 1.165) is 44.7 Å². The predicted octanol–water partition coefficient (Wildman–Crippen LogP) is 0.466. The highest BCUT2D eigenvalue weighted by atomic mass is 16.3. The van der Waals surface area contributed by atoms with E-state index in [-0.39, 0.29) is 0 Å². The lowest BCUT2D eigenvalue weighted by Crippen LogP contribution is -2.46. The molecule has 0 aromatic heterocycles. The molecule has 5 heteroatoms. The summed E-state index contributed by atoms with van der Waals surface area (Å²) in [4.78, 5) is 14.7. The van der Waals surface area contributed by atoms with Crippen molar-refractivity contribution < 1.29 is 9.90 Å². The molecular formula is C14H21N3O2. The maximum atomic E-state index is 10.6. The molecule has 3 N–H and O–H groups in total. The highest BCUT2D eigenvalue weighted by Crippen LogP contribution is 2.19. The Balaban J connectivity index is 1.78. The highest BCUT2D eigenvalue weighted by molar-refractivity contribution is 5.47. The van der Waals surface area contributed by atoms with Crippen LogP contribution in [0.1, 0.15) is 18.1 Å². The quantitative estimate of drug-likeness (QED) is 0.598. The summed E-state index contributed by atoms with van der Waals surface area (Å²) < 4.78 is 0. The van der Waals surface area contributed by atoms with Crippen LogP contribution in [0.5, 0.6) is 0 Å². The van der Waals surface area contributed by atoms with Crippen LogP contribution in [-0.2, 0) is 4.79 Å². The average Bonchev–Trinajstić information content (AvgIpc) is 2.45. The number of carbonyl (C=O) groups is 1. The summed E-state index contributed by atoms with van der Waals surface area (Å²) in [6.45, 7) is 4.14.